The first-order valence-electron chi connectivity index (χ1n) is 6.77. The lowest BCUT2D eigenvalue weighted by Crippen LogP contribution is -2.20. The Hall–Kier alpha value is -1.28. The highest BCUT2D eigenvalue weighted by Gasteiger charge is 2.12. The molecule has 0 bridgehead atoms. The van der Waals surface area contributed by atoms with Crippen LogP contribution in [0.15, 0.2) is 35.9 Å². The van der Waals surface area contributed by atoms with Gasteiger partial charge in [0.05, 0.1) is 0 Å². The van der Waals surface area contributed by atoms with Gasteiger partial charge >= 0.3 is 0 Å². The number of hydrogen-bond donors (Lipinski definition) is 1. The van der Waals surface area contributed by atoms with Crippen LogP contribution in [0.1, 0.15) is 45.7 Å². The first-order chi connectivity index (χ1) is 8.69. The highest BCUT2D eigenvalue weighted by molar-refractivity contribution is 5.36. The smallest absolute Gasteiger partial charge is 0.124 e. The molecule has 0 heterocycles. The van der Waals surface area contributed by atoms with Crippen molar-refractivity contribution in [3.63, 3.8) is 0 Å². The van der Waals surface area contributed by atoms with Crippen LogP contribution in [-0.2, 0) is 0 Å². The van der Waals surface area contributed by atoms with Gasteiger partial charge in [-0.3, -0.25) is 0 Å². The Morgan fingerprint density at radius 3 is 2.61 bits per heavy atom. The quantitative estimate of drug-likeness (QED) is 0.733. The van der Waals surface area contributed by atoms with Crippen LogP contribution in [0.5, 0.6) is 5.75 Å². The summed E-state index contributed by atoms with van der Waals surface area (Å²) in [4.78, 5) is 0. The summed E-state index contributed by atoms with van der Waals surface area (Å²) in [7, 11) is 0. The fourth-order valence-corrected chi connectivity index (χ4v) is 1.92. The first-order valence-corrected chi connectivity index (χ1v) is 6.77. The van der Waals surface area contributed by atoms with Crippen molar-refractivity contribution in [3.05, 3.63) is 41.5 Å². The van der Waals surface area contributed by atoms with Crippen molar-refractivity contribution in [2.75, 3.05) is 13.2 Å². The number of rotatable bonds is 7. The zero-order valence-corrected chi connectivity index (χ0v) is 12.0. The van der Waals surface area contributed by atoms with E-state index in [1.54, 1.807) is 0 Å². The molecular formula is C16H25NO. The minimum atomic E-state index is 0.373. The summed E-state index contributed by atoms with van der Waals surface area (Å²) >= 11 is 0. The zero-order valence-electron chi connectivity index (χ0n) is 12.0. The average Bonchev–Trinajstić information content (AvgIpc) is 2.36. The van der Waals surface area contributed by atoms with E-state index in [2.05, 4.69) is 51.2 Å². The van der Waals surface area contributed by atoms with Gasteiger partial charge in [0.1, 0.15) is 12.4 Å². The van der Waals surface area contributed by atoms with Gasteiger partial charge < -0.3 is 10.1 Å². The molecule has 0 aliphatic carbocycles. The molecule has 0 saturated carbocycles. The molecule has 1 rings (SSSR count). The molecule has 1 atom stereocenters. The van der Waals surface area contributed by atoms with Crippen LogP contribution < -0.4 is 10.1 Å². The highest BCUT2D eigenvalue weighted by atomic mass is 16.5. The molecule has 0 saturated heterocycles. The van der Waals surface area contributed by atoms with Gasteiger partial charge in [0.2, 0.25) is 0 Å². The molecule has 0 spiro atoms. The van der Waals surface area contributed by atoms with E-state index in [0.717, 1.165) is 18.7 Å². The Labute approximate surface area is 111 Å². The number of para-hydroxylation sites is 1. The van der Waals surface area contributed by atoms with E-state index in [4.69, 9.17) is 4.74 Å². The molecule has 2 heteroatoms. The number of benzene rings is 1. The number of nitrogens with one attached hydrogen (secondary N) is 1. The Balaban J connectivity index is 2.81. The number of allylic oxidation sites excluding steroid dienone is 1. The van der Waals surface area contributed by atoms with E-state index < -0.39 is 0 Å². The second-order valence-corrected chi connectivity index (χ2v) is 4.65. The average molecular weight is 247 g/mol. The largest absolute Gasteiger partial charge is 0.489 e. The monoisotopic (exact) mass is 247 g/mol. The minimum Gasteiger partial charge on any atom is -0.489 e. The van der Waals surface area contributed by atoms with E-state index in [-0.39, 0.29) is 0 Å². The standard InChI is InChI=1S/C16H25NO/c1-5-15(17-6-2)14-9-7-8-10-16(14)18-12-11-13(3)4/h7-11,15,17H,5-6,12H2,1-4H3. The topological polar surface area (TPSA) is 21.3 Å². The summed E-state index contributed by atoms with van der Waals surface area (Å²) in [6.45, 7) is 10.1. The Morgan fingerprint density at radius 2 is 2.00 bits per heavy atom. The third-order valence-electron chi connectivity index (χ3n) is 2.88. The van der Waals surface area contributed by atoms with Gasteiger partial charge in [0, 0.05) is 11.6 Å². The molecule has 0 aromatic heterocycles. The molecule has 0 amide bonds. The summed E-state index contributed by atoms with van der Waals surface area (Å²) < 4.78 is 5.86. The predicted octanol–water partition coefficient (Wildman–Crippen LogP) is 4.09. The maximum absolute atomic E-state index is 5.86. The van der Waals surface area contributed by atoms with Crippen molar-refractivity contribution >= 4 is 0 Å². The first kappa shape index (κ1) is 14.8. The molecule has 1 N–H and O–H groups in total. The Kier molecular flexibility index (Phi) is 6.51. The maximum Gasteiger partial charge on any atom is 0.124 e. The highest BCUT2D eigenvalue weighted by Crippen LogP contribution is 2.27. The van der Waals surface area contributed by atoms with Crippen molar-refractivity contribution in [1.82, 2.24) is 5.32 Å². The van der Waals surface area contributed by atoms with Crippen molar-refractivity contribution < 1.29 is 4.74 Å². The van der Waals surface area contributed by atoms with Gasteiger partial charge in [-0.15, -0.1) is 0 Å². The summed E-state index contributed by atoms with van der Waals surface area (Å²) in [6, 6.07) is 8.67. The third kappa shape index (κ3) is 4.53. The van der Waals surface area contributed by atoms with Crippen molar-refractivity contribution in [2.24, 2.45) is 0 Å². The Morgan fingerprint density at radius 1 is 1.28 bits per heavy atom. The molecule has 100 valence electrons. The fourth-order valence-electron chi connectivity index (χ4n) is 1.92. The molecule has 0 aliphatic rings. The lowest BCUT2D eigenvalue weighted by molar-refractivity contribution is 0.351. The molecular weight excluding hydrogens is 222 g/mol. The van der Waals surface area contributed by atoms with Crippen LogP contribution in [0.3, 0.4) is 0 Å². The van der Waals surface area contributed by atoms with E-state index in [1.165, 1.54) is 11.1 Å². The summed E-state index contributed by atoms with van der Waals surface area (Å²) in [6.07, 6.45) is 3.17. The molecule has 1 aromatic carbocycles. The number of hydrogen-bond acceptors (Lipinski definition) is 2. The summed E-state index contributed by atoms with van der Waals surface area (Å²) in [5.74, 6) is 0.989. The molecule has 0 radical (unpaired) electrons. The second-order valence-electron chi connectivity index (χ2n) is 4.65. The van der Waals surface area contributed by atoms with Crippen LogP contribution >= 0.6 is 0 Å². The van der Waals surface area contributed by atoms with Gasteiger partial charge in [0.25, 0.3) is 0 Å². The molecule has 2 nitrogen and oxygen atoms in total. The van der Waals surface area contributed by atoms with Crippen LogP contribution in [0.2, 0.25) is 0 Å². The van der Waals surface area contributed by atoms with E-state index in [9.17, 15) is 0 Å². The molecule has 18 heavy (non-hydrogen) atoms. The van der Waals surface area contributed by atoms with Crippen molar-refractivity contribution in [1.29, 1.82) is 0 Å². The predicted molar refractivity (Wildman–Crippen MR) is 78.1 cm³/mol. The summed E-state index contributed by atoms with van der Waals surface area (Å²) in [5.41, 5.74) is 2.54. The lowest BCUT2D eigenvalue weighted by Gasteiger charge is -2.19. The van der Waals surface area contributed by atoms with Gasteiger partial charge in [-0.1, -0.05) is 37.6 Å². The van der Waals surface area contributed by atoms with Gasteiger partial charge in [-0.25, -0.2) is 0 Å². The van der Waals surface area contributed by atoms with Gasteiger partial charge in [-0.2, -0.15) is 0 Å². The van der Waals surface area contributed by atoms with E-state index in [1.807, 2.05) is 12.1 Å². The maximum atomic E-state index is 5.86. The SMILES string of the molecule is CCNC(CC)c1ccccc1OCC=C(C)C. The molecule has 0 aliphatic heterocycles. The molecule has 1 aromatic rings. The fraction of sp³-hybridized carbons (Fsp3) is 0.500. The second kappa shape index (κ2) is 7.93. The normalized spacial score (nSPS) is 12.0. The summed E-state index contributed by atoms with van der Waals surface area (Å²) in [5, 5.41) is 3.49. The van der Waals surface area contributed by atoms with Crippen LogP contribution in [0.25, 0.3) is 0 Å². The molecule has 1 unspecified atom stereocenters. The molecule has 0 fully saturated rings. The Bertz CT molecular complexity index is 380. The van der Waals surface area contributed by atoms with Crippen LogP contribution in [-0.4, -0.2) is 13.2 Å². The van der Waals surface area contributed by atoms with Crippen molar-refractivity contribution in [3.8, 4) is 5.75 Å². The number of ether oxygens (including phenoxy) is 1. The zero-order chi connectivity index (χ0) is 13.4. The van der Waals surface area contributed by atoms with Crippen LogP contribution in [0.4, 0.5) is 0 Å². The van der Waals surface area contributed by atoms with E-state index in [0.29, 0.717) is 12.6 Å². The van der Waals surface area contributed by atoms with E-state index >= 15 is 0 Å². The third-order valence-corrected chi connectivity index (χ3v) is 2.88. The van der Waals surface area contributed by atoms with Crippen LogP contribution in [0, 0.1) is 0 Å². The van der Waals surface area contributed by atoms with Gasteiger partial charge in [0.15, 0.2) is 0 Å². The minimum absolute atomic E-state index is 0.373. The lowest BCUT2D eigenvalue weighted by atomic mass is 10.0. The van der Waals surface area contributed by atoms with Crippen molar-refractivity contribution in [2.45, 2.75) is 40.2 Å². The van der Waals surface area contributed by atoms with Gasteiger partial charge in [-0.05, 0) is 39.0 Å².